The number of carbonyl (C=O) groups is 1. The number of carbonyl (C=O) groups excluding carboxylic acids is 1. The predicted octanol–water partition coefficient (Wildman–Crippen LogP) is 3.09. The topological polar surface area (TPSA) is 23.6 Å². The quantitative estimate of drug-likeness (QED) is 0.721. The van der Waals surface area contributed by atoms with Gasteiger partial charge in [-0.3, -0.25) is 9.69 Å². The molecule has 3 nitrogen and oxygen atoms in total. The zero-order chi connectivity index (χ0) is 14.4. The van der Waals surface area contributed by atoms with E-state index in [1.807, 2.05) is 0 Å². The Kier molecular flexibility index (Phi) is 5.56. The van der Waals surface area contributed by atoms with Crippen LogP contribution in [0.2, 0.25) is 0 Å². The van der Waals surface area contributed by atoms with E-state index < -0.39 is 0 Å². The molecule has 0 N–H and O–H groups in total. The van der Waals surface area contributed by atoms with Crippen molar-refractivity contribution < 1.29 is 4.79 Å². The third-order valence-electron chi connectivity index (χ3n) is 3.63. The van der Waals surface area contributed by atoms with Gasteiger partial charge in [-0.1, -0.05) is 18.2 Å². The monoisotopic (exact) mass is 290 g/mol. The summed E-state index contributed by atoms with van der Waals surface area (Å²) in [6.45, 7) is 10.1. The van der Waals surface area contributed by atoms with Crippen LogP contribution in [0.15, 0.2) is 42.8 Å². The number of hydrogen-bond acceptors (Lipinski definition) is 3. The first-order chi connectivity index (χ1) is 9.76. The van der Waals surface area contributed by atoms with Gasteiger partial charge in [-0.15, -0.1) is 24.5 Å². The molecule has 0 aromatic carbocycles. The van der Waals surface area contributed by atoms with E-state index in [9.17, 15) is 4.79 Å². The van der Waals surface area contributed by atoms with E-state index in [0.717, 1.165) is 13.0 Å². The predicted molar refractivity (Wildman–Crippen MR) is 84.8 cm³/mol. The Labute approximate surface area is 125 Å². The minimum Gasteiger partial charge on any atom is -0.334 e. The molecule has 1 amide bonds. The van der Waals surface area contributed by atoms with Gasteiger partial charge in [0.25, 0.3) is 0 Å². The Balaban J connectivity index is 1.98. The summed E-state index contributed by atoms with van der Waals surface area (Å²) < 4.78 is 0. The van der Waals surface area contributed by atoms with Crippen molar-refractivity contribution in [3.8, 4) is 0 Å². The summed E-state index contributed by atoms with van der Waals surface area (Å²) in [5.74, 6) is 0.160. The van der Waals surface area contributed by atoms with Gasteiger partial charge in [0.15, 0.2) is 0 Å². The minimum atomic E-state index is 0.160. The van der Waals surface area contributed by atoms with Crippen LogP contribution in [0.5, 0.6) is 0 Å². The van der Waals surface area contributed by atoms with Crippen molar-refractivity contribution in [2.75, 3.05) is 26.2 Å². The number of likely N-dealkylation sites (tertiary alicyclic amines) is 1. The fourth-order valence-corrected chi connectivity index (χ4v) is 3.58. The van der Waals surface area contributed by atoms with Gasteiger partial charge in [0.2, 0.25) is 5.91 Å². The molecule has 0 spiro atoms. The number of rotatable bonds is 7. The van der Waals surface area contributed by atoms with Crippen LogP contribution in [0, 0.1) is 0 Å². The van der Waals surface area contributed by atoms with E-state index in [-0.39, 0.29) is 5.91 Å². The molecule has 1 atom stereocenters. The Morgan fingerprint density at radius 1 is 1.45 bits per heavy atom. The van der Waals surface area contributed by atoms with Gasteiger partial charge in [0.1, 0.15) is 0 Å². The zero-order valence-corrected chi connectivity index (χ0v) is 12.6. The minimum absolute atomic E-state index is 0.160. The van der Waals surface area contributed by atoms with Crippen molar-refractivity contribution in [1.82, 2.24) is 9.80 Å². The third kappa shape index (κ3) is 3.58. The highest BCUT2D eigenvalue weighted by Gasteiger charge is 2.29. The molecule has 2 heterocycles. The van der Waals surface area contributed by atoms with Gasteiger partial charge in [-0.05, 0) is 30.8 Å². The van der Waals surface area contributed by atoms with Crippen LogP contribution in [-0.4, -0.2) is 41.9 Å². The molecule has 1 fully saturated rings. The number of amides is 1. The van der Waals surface area contributed by atoms with Crippen LogP contribution >= 0.6 is 11.3 Å². The molecule has 0 radical (unpaired) electrons. The molecule has 1 aromatic heterocycles. The Bertz CT molecular complexity index is 445. The van der Waals surface area contributed by atoms with Crippen molar-refractivity contribution in [2.24, 2.45) is 0 Å². The highest BCUT2D eigenvalue weighted by atomic mass is 32.1. The molecule has 1 saturated heterocycles. The summed E-state index contributed by atoms with van der Waals surface area (Å²) >= 11 is 1.78. The molecule has 0 bridgehead atoms. The lowest BCUT2D eigenvalue weighted by Gasteiger charge is -2.27. The summed E-state index contributed by atoms with van der Waals surface area (Å²) in [5, 5.41) is 2.11. The molecular weight excluding hydrogens is 268 g/mol. The maximum atomic E-state index is 12.4. The van der Waals surface area contributed by atoms with Gasteiger partial charge in [-0.25, -0.2) is 0 Å². The molecule has 108 valence electrons. The van der Waals surface area contributed by atoms with Crippen molar-refractivity contribution in [3.05, 3.63) is 47.7 Å². The van der Waals surface area contributed by atoms with Crippen LogP contribution in [0.1, 0.15) is 23.8 Å². The highest BCUT2D eigenvalue weighted by Crippen LogP contribution is 2.34. The van der Waals surface area contributed by atoms with Gasteiger partial charge in [-0.2, -0.15) is 0 Å². The summed E-state index contributed by atoms with van der Waals surface area (Å²) in [7, 11) is 0. The lowest BCUT2D eigenvalue weighted by atomic mass is 10.2. The average Bonchev–Trinajstić information content (AvgIpc) is 3.08. The molecule has 4 heteroatoms. The second-order valence-corrected chi connectivity index (χ2v) is 6.00. The molecule has 0 saturated carbocycles. The van der Waals surface area contributed by atoms with Gasteiger partial charge in [0, 0.05) is 24.0 Å². The van der Waals surface area contributed by atoms with E-state index >= 15 is 0 Å². The summed E-state index contributed by atoms with van der Waals surface area (Å²) in [6, 6.07) is 4.66. The molecule has 1 aliphatic heterocycles. The van der Waals surface area contributed by atoms with Crippen molar-refractivity contribution in [1.29, 1.82) is 0 Å². The van der Waals surface area contributed by atoms with Crippen LogP contribution < -0.4 is 0 Å². The Hall–Kier alpha value is -1.39. The maximum Gasteiger partial charge on any atom is 0.237 e. The first-order valence-electron chi connectivity index (χ1n) is 7.03. The van der Waals surface area contributed by atoms with Crippen LogP contribution in [0.4, 0.5) is 0 Å². The number of hydrogen-bond donors (Lipinski definition) is 0. The zero-order valence-electron chi connectivity index (χ0n) is 11.8. The fraction of sp³-hybridized carbons (Fsp3) is 0.438. The van der Waals surface area contributed by atoms with Crippen molar-refractivity contribution >= 4 is 17.2 Å². The van der Waals surface area contributed by atoms with E-state index in [1.165, 1.54) is 11.3 Å². The Morgan fingerprint density at radius 3 is 2.80 bits per heavy atom. The molecular formula is C16H22N2OS. The largest absolute Gasteiger partial charge is 0.334 e. The summed E-state index contributed by atoms with van der Waals surface area (Å²) in [5.41, 5.74) is 0. The fourth-order valence-electron chi connectivity index (χ4n) is 2.68. The van der Waals surface area contributed by atoms with E-state index in [2.05, 4.69) is 35.6 Å². The molecule has 1 aromatic rings. The second kappa shape index (κ2) is 7.41. The van der Waals surface area contributed by atoms with Gasteiger partial charge >= 0.3 is 0 Å². The average molecular weight is 290 g/mol. The van der Waals surface area contributed by atoms with Gasteiger partial charge in [0.05, 0.1) is 6.54 Å². The van der Waals surface area contributed by atoms with Crippen LogP contribution in [-0.2, 0) is 4.79 Å². The van der Waals surface area contributed by atoms with Crippen LogP contribution in [0.3, 0.4) is 0 Å². The number of thiophene rings is 1. The standard InChI is InChI=1S/C16H22N2OS/c1-3-9-17(10-4-2)16(19)13-18-11-5-7-14(18)15-8-6-12-20-15/h3-4,6,8,12,14H,1-2,5,7,9-11,13H2. The summed E-state index contributed by atoms with van der Waals surface area (Å²) in [4.78, 5) is 17.9. The van der Waals surface area contributed by atoms with Gasteiger partial charge < -0.3 is 4.90 Å². The lowest BCUT2D eigenvalue weighted by molar-refractivity contribution is -0.131. The first kappa shape index (κ1) is 15.0. The third-order valence-corrected chi connectivity index (χ3v) is 4.60. The van der Waals surface area contributed by atoms with Crippen molar-refractivity contribution in [2.45, 2.75) is 18.9 Å². The van der Waals surface area contributed by atoms with Crippen LogP contribution in [0.25, 0.3) is 0 Å². The summed E-state index contributed by atoms with van der Waals surface area (Å²) in [6.07, 6.45) is 5.85. The van der Waals surface area contributed by atoms with E-state index in [4.69, 9.17) is 0 Å². The molecule has 2 rings (SSSR count). The highest BCUT2D eigenvalue weighted by molar-refractivity contribution is 7.10. The second-order valence-electron chi connectivity index (χ2n) is 5.02. The van der Waals surface area contributed by atoms with Crippen molar-refractivity contribution in [3.63, 3.8) is 0 Å². The lowest BCUT2D eigenvalue weighted by Crippen LogP contribution is -2.40. The smallest absolute Gasteiger partial charge is 0.237 e. The Morgan fingerprint density at radius 2 is 2.20 bits per heavy atom. The maximum absolute atomic E-state index is 12.4. The SMILES string of the molecule is C=CCN(CC=C)C(=O)CN1CCCC1c1cccs1. The molecule has 1 unspecified atom stereocenters. The van der Waals surface area contributed by atoms with E-state index in [1.54, 1.807) is 28.4 Å². The molecule has 0 aliphatic carbocycles. The molecule has 20 heavy (non-hydrogen) atoms. The molecule has 1 aliphatic rings. The first-order valence-corrected chi connectivity index (χ1v) is 7.91. The van der Waals surface area contributed by atoms with E-state index in [0.29, 0.717) is 25.7 Å². The number of nitrogens with zero attached hydrogens (tertiary/aromatic N) is 2. The normalized spacial score (nSPS) is 18.9.